The molecule has 1 heterocycles. The van der Waals surface area contributed by atoms with Gasteiger partial charge in [-0.2, -0.15) is 0 Å². The molecule has 11 heavy (non-hydrogen) atoms. The van der Waals surface area contributed by atoms with Crippen molar-refractivity contribution in [1.82, 2.24) is 5.32 Å². The van der Waals surface area contributed by atoms with Gasteiger partial charge in [0.25, 0.3) is 0 Å². The normalized spacial score (nSPS) is 27.0. The standard InChI is InChI=1S/C5H7IN2O3/c1-6-4(9)3(2-7-11)8-5(6)10/h3H,2H2,1H3,(H,8,10). The Morgan fingerprint density at radius 2 is 2.27 bits per heavy atom. The molecule has 1 atom stereocenters. The van der Waals surface area contributed by atoms with Gasteiger partial charge in [-0.3, -0.25) is 0 Å². The van der Waals surface area contributed by atoms with Crippen LogP contribution in [0.4, 0.5) is 4.79 Å². The van der Waals surface area contributed by atoms with Gasteiger partial charge in [0.2, 0.25) is 0 Å². The summed E-state index contributed by atoms with van der Waals surface area (Å²) in [5.41, 5.74) is 0. The molecule has 62 valence electrons. The number of carbonyl (C=O) groups excluding carboxylic acids is 2. The van der Waals surface area contributed by atoms with Crippen molar-refractivity contribution in [1.29, 1.82) is 0 Å². The first-order valence-corrected chi connectivity index (χ1v) is 7.21. The van der Waals surface area contributed by atoms with E-state index in [9.17, 15) is 14.5 Å². The van der Waals surface area contributed by atoms with Gasteiger partial charge in [-0.1, -0.05) is 0 Å². The molecule has 1 unspecified atom stereocenters. The van der Waals surface area contributed by atoms with Crippen molar-refractivity contribution >= 4 is 27.5 Å². The van der Waals surface area contributed by atoms with Gasteiger partial charge in [0.1, 0.15) is 0 Å². The molecular weight excluding hydrogens is 263 g/mol. The predicted molar refractivity (Wildman–Crippen MR) is 47.9 cm³/mol. The van der Waals surface area contributed by atoms with Crippen LogP contribution in [0.1, 0.15) is 0 Å². The Labute approximate surface area is 70.3 Å². The van der Waals surface area contributed by atoms with Crippen molar-refractivity contribution in [2.24, 2.45) is 5.18 Å². The number of rotatable bonds is 2. The van der Waals surface area contributed by atoms with Crippen LogP contribution in [0.2, 0.25) is 0 Å². The van der Waals surface area contributed by atoms with E-state index in [2.05, 4.69) is 10.5 Å². The van der Waals surface area contributed by atoms with Crippen LogP contribution in [0, 0.1) is 4.91 Å². The summed E-state index contributed by atoms with van der Waals surface area (Å²) in [6, 6.07) is -0.616. The van der Waals surface area contributed by atoms with E-state index in [1.807, 2.05) is 0 Å². The minimum atomic E-state index is -2.08. The molecule has 1 rings (SSSR count). The SMILES string of the molecule is CI1C(=O)NC(CN=O)C1=O. The molecule has 0 aliphatic carbocycles. The van der Waals surface area contributed by atoms with E-state index in [4.69, 9.17) is 0 Å². The number of hydrogen-bond donors (Lipinski definition) is 1. The van der Waals surface area contributed by atoms with Crippen molar-refractivity contribution in [2.45, 2.75) is 6.04 Å². The fourth-order valence-corrected chi connectivity index (χ4v) is 3.56. The van der Waals surface area contributed by atoms with Crippen molar-refractivity contribution in [2.75, 3.05) is 11.5 Å². The topological polar surface area (TPSA) is 75.6 Å². The van der Waals surface area contributed by atoms with Gasteiger partial charge in [0.05, 0.1) is 0 Å². The van der Waals surface area contributed by atoms with Gasteiger partial charge in [-0.25, -0.2) is 0 Å². The minimum absolute atomic E-state index is 0.0844. The average molecular weight is 270 g/mol. The van der Waals surface area contributed by atoms with Gasteiger partial charge in [-0.05, 0) is 0 Å². The van der Waals surface area contributed by atoms with Crippen LogP contribution in [-0.4, -0.2) is 25.2 Å². The molecule has 1 saturated heterocycles. The Morgan fingerprint density at radius 1 is 1.64 bits per heavy atom. The van der Waals surface area contributed by atoms with Gasteiger partial charge in [0.15, 0.2) is 0 Å². The summed E-state index contributed by atoms with van der Waals surface area (Å²) in [5.74, 6) is 0. The molecule has 1 aliphatic rings. The quantitative estimate of drug-likeness (QED) is 0.261. The van der Waals surface area contributed by atoms with E-state index in [-0.39, 0.29) is 14.2 Å². The number of alkyl halides is 1. The van der Waals surface area contributed by atoms with Crippen LogP contribution < -0.4 is 5.32 Å². The second-order valence-electron chi connectivity index (χ2n) is 2.06. The third-order valence-corrected chi connectivity index (χ3v) is 5.48. The third-order valence-electron chi connectivity index (χ3n) is 1.36. The second-order valence-corrected chi connectivity index (χ2v) is 6.80. The summed E-state index contributed by atoms with van der Waals surface area (Å²) < 4.78 is -0.244. The predicted octanol–water partition coefficient (Wildman–Crippen LogP) is 0.507. The van der Waals surface area contributed by atoms with Crippen LogP contribution in [0.25, 0.3) is 0 Å². The van der Waals surface area contributed by atoms with Crippen LogP contribution in [-0.2, 0) is 4.79 Å². The molecule has 0 saturated carbocycles. The van der Waals surface area contributed by atoms with E-state index in [0.717, 1.165) is 0 Å². The fraction of sp³-hybridized carbons (Fsp3) is 0.600. The second kappa shape index (κ2) is 3.24. The number of hydrogen-bond acceptors (Lipinski definition) is 4. The molecule has 0 aromatic rings. The van der Waals surface area contributed by atoms with Crippen LogP contribution in [0.5, 0.6) is 0 Å². The number of amides is 1. The van der Waals surface area contributed by atoms with E-state index in [1.54, 1.807) is 4.93 Å². The number of nitroso groups, excluding NO2 is 1. The van der Waals surface area contributed by atoms with Crippen molar-refractivity contribution in [3.63, 3.8) is 0 Å². The average Bonchev–Trinajstić information content (AvgIpc) is 2.19. The Bertz CT molecular complexity index is 218. The molecule has 0 spiro atoms. The maximum atomic E-state index is 11.1. The Balaban J connectivity index is 2.66. The number of halogens is 1. The van der Waals surface area contributed by atoms with Crippen LogP contribution >= 0.6 is 19.8 Å². The zero-order valence-corrected chi connectivity index (χ0v) is 7.99. The summed E-state index contributed by atoms with van der Waals surface area (Å²) in [7, 11) is 0. The molecule has 1 amide bonds. The first-order valence-electron chi connectivity index (χ1n) is 2.90. The van der Waals surface area contributed by atoms with Gasteiger partial charge >= 0.3 is 70.0 Å². The first kappa shape index (κ1) is 8.57. The summed E-state index contributed by atoms with van der Waals surface area (Å²) in [4.78, 5) is 33.4. The van der Waals surface area contributed by atoms with Gasteiger partial charge in [0, 0.05) is 0 Å². The van der Waals surface area contributed by atoms with Gasteiger partial charge in [-0.15, -0.1) is 0 Å². The number of nitrogens with zero attached hydrogens (tertiary/aromatic N) is 1. The molecule has 0 bridgehead atoms. The third kappa shape index (κ3) is 1.55. The Kier molecular flexibility index (Phi) is 2.53. The molecule has 0 aromatic carbocycles. The molecule has 6 heteroatoms. The molecule has 0 aromatic heterocycles. The van der Waals surface area contributed by atoms with Crippen molar-refractivity contribution in [3.05, 3.63) is 4.91 Å². The van der Waals surface area contributed by atoms with Gasteiger partial charge < -0.3 is 0 Å². The Hall–Kier alpha value is -0.530. The zero-order chi connectivity index (χ0) is 8.43. The molecular formula is C5H7IN2O3. The van der Waals surface area contributed by atoms with E-state index in [1.165, 1.54) is 0 Å². The van der Waals surface area contributed by atoms with Crippen LogP contribution in [0.15, 0.2) is 5.18 Å². The number of nitrogens with one attached hydrogen (secondary N) is 1. The summed E-state index contributed by atoms with van der Waals surface area (Å²) in [5, 5.41) is 5.02. The molecule has 1 fully saturated rings. The van der Waals surface area contributed by atoms with E-state index >= 15 is 0 Å². The molecule has 5 nitrogen and oxygen atoms in total. The van der Waals surface area contributed by atoms with Crippen molar-refractivity contribution in [3.8, 4) is 0 Å². The maximum absolute atomic E-state index is 11.1. The summed E-state index contributed by atoms with van der Waals surface area (Å²) in [6.45, 7) is -0.119. The summed E-state index contributed by atoms with van der Waals surface area (Å²) in [6.07, 6.45) is 0. The zero-order valence-electron chi connectivity index (χ0n) is 5.83. The fourth-order valence-electron chi connectivity index (χ4n) is 0.750. The number of carbonyl (C=O) groups is 2. The van der Waals surface area contributed by atoms with Crippen LogP contribution in [0.3, 0.4) is 0 Å². The Morgan fingerprint density at radius 3 is 2.64 bits per heavy atom. The van der Waals surface area contributed by atoms with E-state index < -0.39 is 25.9 Å². The first-order chi connectivity index (χ1) is 5.16. The molecule has 0 radical (unpaired) electrons. The van der Waals surface area contributed by atoms with E-state index in [0.29, 0.717) is 0 Å². The summed E-state index contributed by atoms with van der Waals surface area (Å²) >= 11 is -2.08. The van der Waals surface area contributed by atoms with Crippen molar-refractivity contribution < 1.29 is 9.59 Å². The molecule has 1 N–H and O–H groups in total. The molecule has 1 aliphatic heterocycles. The monoisotopic (exact) mass is 270 g/mol.